The van der Waals surface area contributed by atoms with Gasteiger partial charge in [0, 0.05) is 14.2 Å². The summed E-state index contributed by atoms with van der Waals surface area (Å²) < 4.78 is 48.0. The molecule has 7 nitrogen and oxygen atoms in total. The number of hydrogen-bond donors (Lipinski definition) is 0. The van der Waals surface area contributed by atoms with Crippen molar-refractivity contribution in [3.8, 4) is 0 Å². The van der Waals surface area contributed by atoms with Gasteiger partial charge < -0.3 is 23.3 Å². The lowest BCUT2D eigenvalue weighted by Crippen LogP contribution is -2.49. The zero-order valence-corrected chi connectivity index (χ0v) is 35.2. The number of hydrogen-bond acceptors (Lipinski definition) is 7. The van der Waals surface area contributed by atoms with Crippen LogP contribution in [0.25, 0.3) is 0 Å². The summed E-state index contributed by atoms with van der Waals surface area (Å²) in [5.74, 6) is -0.587. The quantitative estimate of drug-likeness (QED) is 0.0529. The highest BCUT2D eigenvalue weighted by Gasteiger charge is 2.49. The monoisotopic (exact) mass is 824 g/mol. The van der Waals surface area contributed by atoms with Gasteiger partial charge in [-0.3, -0.25) is 9.36 Å². The number of allylic oxidation sites excluding steroid dienone is 2. The molecule has 0 heterocycles. The second-order valence-electron chi connectivity index (χ2n) is 13.6. The van der Waals surface area contributed by atoms with Crippen LogP contribution in [0.15, 0.2) is 207 Å². The third-order valence-electron chi connectivity index (χ3n) is 9.87. The lowest BCUT2D eigenvalue weighted by atomic mass is 10.0. The molecule has 6 aromatic rings. The number of Topliss-reactive ketones (excluding diaryl/α,β-unsaturated/α-hetero) is 1. The van der Waals surface area contributed by atoms with E-state index in [9.17, 15) is 0 Å². The summed E-state index contributed by atoms with van der Waals surface area (Å²) in [5.41, 5.74) is 2.63. The van der Waals surface area contributed by atoms with E-state index in [0.29, 0.717) is 0 Å². The van der Waals surface area contributed by atoms with E-state index in [1.54, 1.807) is 12.2 Å². The Morgan fingerprint density at radius 3 is 1.27 bits per heavy atom. The maximum absolute atomic E-state index is 16.5. The largest absolute Gasteiger partial charge is 0.367 e. The fraction of sp³-hybridized carbons (Fsp3) is 0.160. The number of rotatable bonds is 21. The van der Waals surface area contributed by atoms with Crippen molar-refractivity contribution in [1.82, 2.24) is 0 Å². The van der Waals surface area contributed by atoms with Crippen molar-refractivity contribution in [2.24, 2.45) is 0 Å². The highest BCUT2D eigenvalue weighted by Crippen LogP contribution is 2.61. The summed E-state index contributed by atoms with van der Waals surface area (Å²) in [6.07, 6.45) is 1.88. The molecule has 59 heavy (non-hydrogen) atoms. The lowest BCUT2D eigenvalue weighted by molar-refractivity contribution is -0.155. The average molecular weight is 825 g/mol. The lowest BCUT2D eigenvalue weighted by Gasteiger charge is -2.37. The van der Waals surface area contributed by atoms with Crippen molar-refractivity contribution in [2.45, 2.75) is 38.1 Å². The van der Waals surface area contributed by atoms with Gasteiger partial charge in [0.05, 0.1) is 19.8 Å². The highest BCUT2D eigenvalue weighted by atomic mass is 31.2. The number of ketones is 1. The van der Waals surface area contributed by atoms with Gasteiger partial charge in [0.2, 0.25) is 5.78 Å². The first-order chi connectivity index (χ1) is 28.9. The standard InChI is InChI=1S/C50H50O7P2/c1-4-5-36-46(55-37-40-24-12-6-13-25-40)48(56-38-41-26-14-7-15-27-41)49(57-39-42-28-16-8-17-29-42)47(51)50(59(52,53-2)54-3)58(43-30-18-9-19-31-43,44-32-20-10-21-33-44)45-34-22-11-23-35-45/h4-36,46,48-49H,1,37-39H2,2-3H3/b36-5+/t46-,48+,49+/m1/s1. The minimum absolute atomic E-state index is 0.0283. The van der Waals surface area contributed by atoms with Gasteiger partial charge in [-0.15, -0.1) is 0 Å². The SMILES string of the molecule is C=C/C=C/[C@@H](OCc1ccccc1)[C@H](OCc1ccccc1)[C@@H](OCc1ccccc1)C(=O)C(P(=O)(OC)OC)=P(c1ccccc1)(c1ccccc1)c1ccccc1. The van der Waals surface area contributed by atoms with Crippen LogP contribution in [-0.2, 0) is 52.4 Å². The van der Waals surface area contributed by atoms with Gasteiger partial charge in [0.25, 0.3) is 0 Å². The Kier molecular flexibility index (Phi) is 16.0. The molecule has 0 aliphatic heterocycles. The number of carbonyl (C=O) groups is 1. The van der Waals surface area contributed by atoms with Crippen molar-refractivity contribution in [2.75, 3.05) is 14.2 Å². The molecule has 0 spiro atoms. The van der Waals surface area contributed by atoms with Crippen LogP contribution in [0.5, 0.6) is 0 Å². The number of ether oxygens (including phenoxy) is 3. The minimum atomic E-state index is -4.44. The first-order valence-electron chi connectivity index (χ1n) is 19.4. The van der Waals surface area contributed by atoms with Gasteiger partial charge in [-0.1, -0.05) is 207 Å². The Morgan fingerprint density at radius 1 is 0.542 bits per heavy atom. The molecule has 0 bridgehead atoms. The molecule has 3 atom stereocenters. The molecule has 0 unspecified atom stereocenters. The van der Waals surface area contributed by atoms with Gasteiger partial charge >= 0.3 is 7.60 Å². The highest BCUT2D eigenvalue weighted by molar-refractivity contribution is 8.07. The van der Waals surface area contributed by atoms with Crippen molar-refractivity contribution in [3.63, 3.8) is 0 Å². The van der Waals surface area contributed by atoms with Crippen molar-refractivity contribution in [1.29, 1.82) is 0 Å². The molecule has 6 aromatic carbocycles. The van der Waals surface area contributed by atoms with Gasteiger partial charge in [-0.2, -0.15) is 0 Å². The molecule has 0 aliphatic carbocycles. The fourth-order valence-corrected chi connectivity index (χ4v) is 14.9. The summed E-state index contributed by atoms with van der Waals surface area (Å²) in [7, 11) is -1.81. The van der Waals surface area contributed by atoms with Crippen LogP contribution in [-0.4, -0.2) is 43.3 Å². The third-order valence-corrected chi connectivity index (χ3v) is 17.3. The van der Waals surface area contributed by atoms with Gasteiger partial charge in [-0.25, -0.2) is 0 Å². The second kappa shape index (κ2) is 21.7. The van der Waals surface area contributed by atoms with Crippen molar-refractivity contribution < 1.29 is 32.6 Å². The van der Waals surface area contributed by atoms with E-state index in [1.165, 1.54) is 14.2 Å². The summed E-state index contributed by atoms with van der Waals surface area (Å²) in [5, 5.41) is 2.31. The van der Waals surface area contributed by atoms with Crippen LogP contribution < -0.4 is 15.9 Å². The molecule has 0 fully saturated rings. The van der Waals surface area contributed by atoms with E-state index in [-0.39, 0.29) is 24.9 Å². The summed E-state index contributed by atoms with van der Waals surface area (Å²) in [6.45, 7) is 0.871. The molecule has 0 aromatic heterocycles. The van der Waals surface area contributed by atoms with Gasteiger partial charge in [-0.05, 0) is 39.5 Å². The Labute approximate surface area is 348 Å². The van der Waals surface area contributed by atoms with Crippen LogP contribution in [0.1, 0.15) is 16.7 Å². The average Bonchev–Trinajstić information content (AvgIpc) is 3.31. The first-order valence-corrected chi connectivity index (χ1v) is 22.7. The summed E-state index contributed by atoms with van der Waals surface area (Å²) >= 11 is 0. The molecule has 0 saturated carbocycles. The zero-order valence-electron chi connectivity index (χ0n) is 33.4. The van der Waals surface area contributed by atoms with Crippen LogP contribution in [0.3, 0.4) is 0 Å². The predicted octanol–water partition coefficient (Wildman–Crippen LogP) is 9.66. The molecular weight excluding hydrogens is 774 g/mol. The topological polar surface area (TPSA) is 80.3 Å². The van der Waals surface area contributed by atoms with Crippen LogP contribution in [0.4, 0.5) is 0 Å². The van der Waals surface area contributed by atoms with Crippen molar-refractivity contribution in [3.05, 3.63) is 223 Å². The second-order valence-corrected chi connectivity index (χ2v) is 19.5. The maximum atomic E-state index is 16.5. The molecule has 302 valence electrons. The van der Waals surface area contributed by atoms with E-state index in [1.807, 2.05) is 188 Å². The Morgan fingerprint density at radius 2 is 0.898 bits per heavy atom. The molecule has 0 N–H and O–H groups in total. The maximum Gasteiger partial charge on any atom is 0.365 e. The molecule has 0 amide bonds. The summed E-state index contributed by atoms with van der Waals surface area (Å²) in [6, 6.07) is 58.2. The Balaban J connectivity index is 1.68. The molecule has 0 saturated heterocycles. The molecule has 0 radical (unpaired) electrons. The summed E-state index contributed by atoms with van der Waals surface area (Å²) in [4.78, 5) is 16.5. The van der Waals surface area contributed by atoms with E-state index in [0.717, 1.165) is 32.6 Å². The van der Waals surface area contributed by atoms with Crippen LogP contribution in [0.2, 0.25) is 0 Å². The van der Waals surface area contributed by atoms with Crippen LogP contribution in [0, 0.1) is 0 Å². The van der Waals surface area contributed by atoms with E-state index in [2.05, 4.69) is 6.58 Å². The normalized spacial score (nSPS) is 13.4. The smallest absolute Gasteiger partial charge is 0.365 e. The van der Waals surface area contributed by atoms with Crippen molar-refractivity contribution >= 4 is 41.2 Å². The first kappa shape index (κ1) is 43.4. The molecule has 9 heteroatoms. The number of carbonyl (C=O) groups excluding carboxylic acids is 1. The van der Waals surface area contributed by atoms with Crippen LogP contribution >= 0.6 is 14.5 Å². The zero-order chi connectivity index (χ0) is 41.3. The minimum Gasteiger partial charge on any atom is -0.367 e. The van der Waals surface area contributed by atoms with E-state index in [4.69, 9.17) is 23.3 Å². The third kappa shape index (κ3) is 10.5. The molecular formula is C50H50O7P2. The van der Waals surface area contributed by atoms with Gasteiger partial charge in [0.1, 0.15) is 17.2 Å². The van der Waals surface area contributed by atoms with Gasteiger partial charge in [0.15, 0.2) is 6.10 Å². The molecule has 0 aliphatic rings. The Hall–Kier alpha value is -5.20. The fourth-order valence-electron chi connectivity index (χ4n) is 7.04. The Bertz CT molecular complexity index is 2230. The molecule has 6 rings (SSSR count). The predicted molar refractivity (Wildman–Crippen MR) is 241 cm³/mol. The van der Waals surface area contributed by atoms with E-state index < -0.39 is 38.6 Å². The van der Waals surface area contributed by atoms with E-state index >= 15 is 9.36 Å². The number of benzene rings is 6.